The maximum Gasteiger partial charge on any atom is 0.241 e. The highest BCUT2D eigenvalue weighted by atomic mass is 32.2. The Morgan fingerprint density at radius 3 is 2.17 bits per heavy atom. The number of hydrogen-bond donors (Lipinski definition) is 2. The molecule has 30 heavy (non-hydrogen) atoms. The van der Waals surface area contributed by atoms with Crippen molar-refractivity contribution in [2.24, 2.45) is 0 Å². The fourth-order valence-corrected chi connectivity index (χ4v) is 5.96. The van der Waals surface area contributed by atoms with Gasteiger partial charge in [0.05, 0.1) is 4.90 Å². The number of benzene rings is 1. The van der Waals surface area contributed by atoms with Crippen molar-refractivity contribution in [3.63, 3.8) is 0 Å². The third-order valence-electron chi connectivity index (χ3n) is 6.73. The van der Waals surface area contributed by atoms with Crippen molar-refractivity contribution < 1.29 is 13.2 Å². The summed E-state index contributed by atoms with van der Waals surface area (Å²) >= 11 is 0. The van der Waals surface area contributed by atoms with Crippen LogP contribution in [0.4, 0.5) is 0 Å². The molecule has 1 aromatic carbocycles. The molecule has 170 valence electrons. The summed E-state index contributed by atoms with van der Waals surface area (Å²) in [4.78, 5) is 14.9. The van der Waals surface area contributed by atoms with Crippen molar-refractivity contribution >= 4 is 15.9 Å². The van der Waals surface area contributed by atoms with E-state index in [4.69, 9.17) is 0 Å². The molecular formula is C23H39N3O3S. The van der Waals surface area contributed by atoms with Gasteiger partial charge in [-0.1, -0.05) is 6.42 Å². The largest absolute Gasteiger partial charge is 0.356 e. The molecule has 0 aromatic heterocycles. The van der Waals surface area contributed by atoms with Crippen LogP contribution < -0.4 is 10.0 Å². The molecule has 1 saturated heterocycles. The third-order valence-corrected chi connectivity index (χ3v) is 8.46. The van der Waals surface area contributed by atoms with E-state index in [-0.39, 0.29) is 18.9 Å². The van der Waals surface area contributed by atoms with Crippen LogP contribution in [0.2, 0.25) is 0 Å². The van der Waals surface area contributed by atoms with Gasteiger partial charge in [-0.3, -0.25) is 4.79 Å². The zero-order valence-corrected chi connectivity index (χ0v) is 20.3. The highest BCUT2D eigenvalue weighted by Gasteiger charge is 2.23. The zero-order chi connectivity index (χ0) is 22.5. The van der Waals surface area contributed by atoms with Crippen LogP contribution in [0.3, 0.4) is 0 Å². The number of carbonyl (C=O) groups is 1. The number of sulfonamides is 1. The lowest BCUT2D eigenvalue weighted by molar-refractivity contribution is -0.120. The van der Waals surface area contributed by atoms with Crippen LogP contribution in [0.5, 0.6) is 0 Å². The van der Waals surface area contributed by atoms with Gasteiger partial charge in [-0.05, 0) is 95.2 Å². The monoisotopic (exact) mass is 437 g/mol. The van der Waals surface area contributed by atoms with E-state index in [0.717, 1.165) is 47.3 Å². The van der Waals surface area contributed by atoms with Gasteiger partial charge in [0.1, 0.15) is 0 Å². The lowest BCUT2D eigenvalue weighted by Crippen LogP contribution is -2.39. The maximum atomic E-state index is 12.9. The second kappa shape index (κ2) is 10.7. The van der Waals surface area contributed by atoms with Gasteiger partial charge in [-0.2, -0.15) is 0 Å². The summed E-state index contributed by atoms with van der Waals surface area (Å²) in [5.41, 5.74) is 4.68. The first-order chi connectivity index (χ1) is 14.1. The molecule has 1 heterocycles. The van der Waals surface area contributed by atoms with E-state index in [1.54, 1.807) is 0 Å². The van der Waals surface area contributed by atoms with Crippen LogP contribution in [-0.2, 0) is 14.8 Å². The quantitative estimate of drug-likeness (QED) is 0.581. The van der Waals surface area contributed by atoms with E-state index in [2.05, 4.69) is 21.9 Å². The summed E-state index contributed by atoms with van der Waals surface area (Å²) in [6, 6.07) is 0.629. The molecule has 1 fully saturated rings. The first-order valence-electron chi connectivity index (χ1n) is 11.1. The molecule has 6 nitrogen and oxygen atoms in total. The molecule has 0 aliphatic carbocycles. The fraction of sp³-hybridized carbons (Fsp3) is 0.696. The summed E-state index contributed by atoms with van der Waals surface area (Å²) < 4.78 is 28.4. The van der Waals surface area contributed by atoms with Gasteiger partial charge >= 0.3 is 0 Å². The van der Waals surface area contributed by atoms with Gasteiger partial charge in [0.2, 0.25) is 15.9 Å². The van der Waals surface area contributed by atoms with E-state index in [1.807, 2.05) is 34.6 Å². The molecule has 0 spiro atoms. The molecule has 0 saturated carbocycles. The first-order valence-corrected chi connectivity index (χ1v) is 12.6. The minimum atomic E-state index is -3.66. The van der Waals surface area contributed by atoms with Gasteiger partial charge in [0.25, 0.3) is 0 Å². The molecule has 1 aliphatic heterocycles. The lowest BCUT2D eigenvalue weighted by atomic mass is 9.95. The summed E-state index contributed by atoms with van der Waals surface area (Å²) in [6.45, 7) is 14.8. The first kappa shape index (κ1) is 24.8. The maximum absolute atomic E-state index is 12.9. The predicted molar refractivity (Wildman–Crippen MR) is 122 cm³/mol. The number of nitrogens with zero attached hydrogens (tertiary/aromatic N) is 1. The van der Waals surface area contributed by atoms with Gasteiger partial charge < -0.3 is 10.2 Å². The Morgan fingerprint density at radius 2 is 1.57 bits per heavy atom. The van der Waals surface area contributed by atoms with Crippen molar-refractivity contribution in [2.45, 2.75) is 84.6 Å². The van der Waals surface area contributed by atoms with Crippen LogP contribution in [0.25, 0.3) is 0 Å². The molecule has 1 unspecified atom stereocenters. The Bertz CT molecular complexity index is 836. The summed E-state index contributed by atoms with van der Waals surface area (Å²) in [6.07, 6.45) is 4.88. The van der Waals surface area contributed by atoms with Crippen LogP contribution >= 0.6 is 0 Å². The highest BCUT2D eigenvalue weighted by Crippen LogP contribution is 2.29. The van der Waals surface area contributed by atoms with Gasteiger partial charge in [-0.25, -0.2) is 13.1 Å². The Labute approximate surface area is 182 Å². The van der Waals surface area contributed by atoms with Crippen LogP contribution in [0.1, 0.15) is 66.8 Å². The molecule has 0 radical (unpaired) electrons. The molecular weight excluding hydrogens is 398 g/mol. The summed E-state index contributed by atoms with van der Waals surface area (Å²) in [5.74, 6) is -0.117. The third kappa shape index (κ3) is 6.05. The Kier molecular flexibility index (Phi) is 8.88. The number of rotatable bonds is 9. The lowest BCUT2D eigenvalue weighted by Gasteiger charge is -2.33. The molecule has 2 N–H and O–H groups in total. The van der Waals surface area contributed by atoms with Crippen LogP contribution in [0.15, 0.2) is 4.90 Å². The summed E-state index contributed by atoms with van der Waals surface area (Å²) in [7, 11) is -3.66. The second-order valence-electron chi connectivity index (χ2n) is 8.69. The van der Waals surface area contributed by atoms with Crippen molar-refractivity contribution in [3.8, 4) is 0 Å². The smallest absolute Gasteiger partial charge is 0.241 e. The number of nitrogens with one attached hydrogen (secondary N) is 2. The second-order valence-corrected chi connectivity index (χ2v) is 10.4. The molecule has 7 heteroatoms. The summed E-state index contributed by atoms with van der Waals surface area (Å²) in [5, 5.41) is 2.91. The topological polar surface area (TPSA) is 78.5 Å². The standard InChI is InChI=1S/C23H39N3O3S/c1-16-10-7-8-14-26(16)15-9-12-24-22(27)11-13-25-30(28,29)23-20(5)18(3)17(2)19(4)21(23)6/h16,25H,7-15H2,1-6H3,(H,24,27). The van der Waals surface area contributed by atoms with E-state index in [1.165, 1.54) is 19.3 Å². The molecule has 1 aliphatic rings. The number of amides is 1. The Hall–Kier alpha value is -1.44. The van der Waals surface area contributed by atoms with E-state index >= 15 is 0 Å². The minimum absolute atomic E-state index is 0.0994. The zero-order valence-electron chi connectivity index (χ0n) is 19.5. The number of piperidine rings is 1. The minimum Gasteiger partial charge on any atom is -0.356 e. The van der Waals surface area contributed by atoms with Crippen molar-refractivity contribution in [1.29, 1.82) is 0 Å². The predicted octanol–water partition coefficient (Wildman–Crippen LogP) is 3.28. The Balaban J connectivity index is 1.81. The van der Waals surface area contributed by atoms with Crippen LogP contribution in [-0.4, -0.2) is 51.4 Å². The van der Waals surface area contributed by atoms with Crippen molar-refractivity contribution in [3.05, 3.63) is 27.8 Å². The van der Waals surface area contributed by atoms with E-state index in [9.17, 15) is 13.2 Å². The van der Waals surface area contributed by atoms with Gasteiger partial charge in [0.15, 0.2) is 0 Å². The van der Waals surface area contributed by atoms with Gasteiger partial charge in [0, 0.05) is 32.1 Å². The normalized spacial score (nSPS) is 17.9. The average molecular weight is 438 g/mol. The van der Waals surface area contributed by atoms with Crippen LogP contribution in [0, 0.1) is 34.6 Å². The van der Waals surface area contributed by atoms with E-state index in [0.29, 0.717) is 17.5 Å². The molecule has 2 rings (SSSR count). The Morgan fingerprint density at radius 1 is 0.967 bits per heavy atom. The van der Waals surface area contributed by atoms with Gasteiger partial charge in [-0.15, -0.1) is 0 Å². The van der Waals surface area contributed by atoms with E-state index < -0.39 is 10.0 Å². The number of carbonyl (C=O) groups excluding carboxylic acids is 1. The molecule has 0 bridgehead atoms. The SMILES string of the molecule is Cc1c(C)c(C)c(S(=O)(=O)NCCC(=O)NCCCN2CCCCC2C)c(C)c1C. The average Bonchev–Trinajstić information content (AvgIpc) is 2.69. The molecule has 1 amide bonds. The highest BCUT2D eigenvalue weighted by molar-refractivity contribution is 7.89. The fourth-order valence-electron chi connectivity index (χ4n) is 4.33. The molecule has 1 atom stereocenters. The number of likely N-dealkylation sites (tertiary alicyclic amines) is 1. The number of hydrogen-bond acceptors (Lipinski definition) is 4. The van der Waals surface area contributed by atoms with Crippen molar-refractivity contribution in [2.75, 3.05) is 26.2 Å². The molecule has 1 aromatic rings. The van der Waals surface area contributed by atoms with Crippen molar-refractivity contribution in [1.82, 2.24) is 14.9 Å².